The Bertz CT molecular complexity index is 963. The predicted molar refractivity (Wildman–Crippen MR) is 99.8 cm³/mol. The molecule has 0 heterocycles. The molecule has 3 aromatic rings. The predicted octanol–water partition coefficient (Wildman–Crippen LogP) is 4.72. The Morgan fingerprint density at radius 1 is 0.963 bits per heavy atom. The molecule has 0 aliphatic rings. The highest BCUT2D eigenvalue weighted by Gasteiger charge is 2.24. The van der Waals surface area contributed by atoms with Crippen molar-refractivity contribution in [1.29, 1.82) is 5.26 Å². The Morgan fingerprint density at radius 3 is 2.26 bits per heavy atom. The lowest BCUT2D eigenvalue weighted by Crippen LogP contribution is -2.09. The van der Waals surface area contributed by atoms with Crippen LogP contribution in [0.5, 0.6) is 17.2 Å². The number of esters is 1. The van der Waals surface area contributed by atoms with E-state index >= 15 is 0 Å². The van der Waals surface area contributed by atoms with Crippen molar-refractivity contribution in [3.63, 3.8) is 0 Å². The third kappa shape index (κ3) is 4.25. The molecular formula is C22H17NO4. The Morgan fingerprint density at radius 2 is 1.63 bits per heavy atom. The molecule has 0 saturated heterocycles. The molecule has 3 aromatic carbocycles. The van der Waals surface area contributed by atoms with E-state index in [9.17, 15) is 10.1 Å². The van der Waals surface area contributed by atoms with Gasteiger partial charge in [0.05, 0.1) is 12.7 Å². The topological polar surface area (TPSA) is 68.5 Å². The maximum absolute atomic E-state index is 12.4. The van der Waals surface area contributed by atoms with E-state index in [1.54, 1.807) is 36.4 Å². The molecule has 0 aromatic heterocycles. The molecule has 27 heavy (non-hydrogen) atoms. The lowest BCUT2D eigenvalue weighted by Gasteiger charge is -2.16. The first-order valence-corrected chi connectivity index (χ1v) is 8.28. The number of methoxy groups -OCH3 is 1. The number of carbonyl (C=O) groups is 1. The maximum atomic E-state index is 12.4. The number of nitrogens with zero attached hydrogens (tertiary/aromatic N) is 1. The summed E-state index contributed by atoms with van der Waals surface area (Å²) < 4.78 is 16.6. The fourth-order valence-electron chi connectivity index (χ4n) is 2.52. The van der Waals surface area contributed by atoms with Gasteiger partial charge in [0.15, 0.2) is 5.75 Å². The molecular weight excluding hydrogens is 342 g/mol. The number of carbonyl (C=O) groups excluding carboxylic acids is 1. The maximum Gasteiger partial charge on any atom is 0.345 e. The third-order valence-electron chi connectivity index (χ3n) is 3.83. The summed E-state index contributed by atoms with van der Waals surface area (Å²) >= 11 is 0. The van der Waals surface area contributed by atoms with E-state index in [0.717, 1.165) is 5.56 Å². The fourth-order valence-corrected chi connectivity index (χ4v) is 2.52. The minimum Gasteiger partial charge on any atom is -0.488 e. The van der Waals surface area contributed by atoms with Gasteiger partial charge in [-0.2, -0.15) is 5.26 Å². The summed E-state index contributed by atoms with van der Waals surface area (Å²) in [5, 5.41) is 9.45. The number of ether oxygens (including phenoxy) is 3. The molecule has 5 nitrogen and oxygen atoms in total. The highest BCUT2D eigenvalue weighted by Crippen LogP contribution is 2.36. The molecule has 5 heteroatoms. The number of hydrogen-bond donors (Lipinski definition) is 0. The zero-order valence-electron chi connectivity index (χ0n) is 14.7. The van der Waals surface area contributed by atoms with Crippen molar-refractivity contribution in [3.05, 3.63) is 89.5 Å². The fraction of sp³-hybridized carbons (Fsp3) is 0.0909. The summed E-state index contributed by atoms with van der Waals surface area (Å²) in [5.41, 5.74) is 1.24. The minimum absolute atomic E-state index is 0.0799. The van der Waals surface area contributed by atoms with Crippen molar-refractivity contribution in [3.8, 4) is 23.3 Å². The molecule has 3 rings (SSSR count). The van der Waals surface area contributed by atoms with E-state index in [0.29, 0.717) is 5.75 Å². The highest BCUT2D eigenvalue weighted by molar-refractivity contribution is 5.96. The lowest BCUT2D eigenvalue weighted by atomic mass is 10.1. The van der Waals surface area contributed by atoms with Gasteiger partial charge in [-0.15, -0.1) is 0 Å². The second kappa shape index (κ2) is 8.54. The third-order valence-corrected chi connectivity index (χ3v) is 3.83. The molecule has 134 valence electrons. The average molecular weight is 359 g/mol. The first-order chi connectivity index (χ1) is 13.2. The quantitative estimate of drug-likeness (QED) is 0.596. The summed E-state index contributed by atoms with van der Waals surface area (Å²) in [4.78, 5) is 12.4. The number of rotatable bonds is 6. The van der Waals surface area contributed by atoms with Crippen LogP contribution in [-0.2, 0) is 11.3 Å². The summed E-state index contributed by atoms with van der Waals surface area (Å²) in [7, 11) is 1.27. The van der Waals surface area contributed by atoms with Gasteiger partial charge in [0, 0.05) is 0 Å². The Balaban J connectivity index is 2.01. The van der Waals surface area contributed by atoms with E-state index < -0.39 is 5.97 Å². The molecule has 0 spiro atoms. The molecule has 0 unspecified atom stereocenters. The van der Waals surface area contributed by atoms with Crippen LogP contribution in [0.1, 0.15) is 21.5 Å². The molecule has 0 bridgehead atoms. The largest absolute Gasteiger partial charge is 0.488 e. The van der Waals surface area contributed by atoms with Gasteiger partial charge in [0.25, 0.3) is 0 Å². The van der Waals surface area contributed by atoms with Gasteiger partial charge < -0.3 is 14.2 Å². The summed E-state index contributed by atoms with van der Waals surface area (Å²) in [5.74, 6) is 0.261. The van der Waals surface area contributed by atoms with Gasteiger partial charge in [0.1, 0.15) is 29.7 Å². The molecule has 0 atom stereocenters. The molecule has 0 radical (unpaired) electrons. The van der Waals surface area contributed by atoms with Crippen LogP contribution in [0.3, 0.4) is 0 Å². The first-order valence-electron chi connectivity index (χ1n) is 8.28. The Hall–Kier alpha value is -3.78. The zero-order valence-corrected chi connectivity index (χ0v) is 14.7. The SMILES string of the molecule is COC(=O)c1c(OCc2ccccc2)ccc(C#N)c1Oc1ccccc1. The molecule has 0 saturated carbocycles. The van der Waals surface area contributed by atoms with Crippen LogP contribution in [0, 0.1) is 11.3 Å². The monoisotopic (exact) mass is 359 g/mol. The van der Waals surface area contributed by atoms with Gasteiger partial charge >= 0.3 is 5.97 Å². The summed E-state index contributed by atoms with van der Waals surface area (Å²) in [6, 6.07) is 23.7. The van der Waals surface area contributed by atoms with Gasteiger partial charge in [-0.05, 0) is 29.8 Å². The summed E-state index contributed by atoms with van der Waals surface area (Å²) in [6.45, 7) is 0.265. The molecule has 0 aliphatic heterocycles. The first kappa shape index (κ1) is 18.0. The van der Waals surface area contributed by atoms with E-state index in [1.807, 2.05) is 42.5 Å². The van der Waals surface area contributed by atoms with Crippen LogP contribution in [0.15, 0.2) is 72.8 Å². The zero-order chi connectivity index (χ0) is 19.1. The van der Waals surface area contributed by atoms with Crippen LogP contribution < -0.4 is 9.47 Å². The normalized spacial score (nSPS) is 9.93. The molecule has 0 aliphatic carbocycles. The van der Waals surface area contributed by atoms with Gasteiger partial charge in [0.2, 0.25) is 0 Å². The lowest BCUT2D eigenvalue weighted by molar-refractivity contribution is 0.0592. The Labute approximate surface area is 157 Å². The van der Waals surface area contributed by atoms with Crippen LogP contribution in [-0.4, -0.2) is 13.1 Å². The van der Waals surface area contributed by atoms with Gasteiger partial charge in [-0.25, -0.2) is 4.79 Å². The van der Waals surface area contributed by atoms with Crippen LogP contribution in [0.25, 0.3) is 0 Å². The van der Waals surface area contributed by atoms with E-state index in [1.165, 1.54) is 7.11 Å². The van der Waals surface area contributed by atoms with Crippen LogP contribution in [0.2, 0.25) is 0 Å². The van der Waals surface area contributed by atoms with Crippen molar-refractivity contribution in [1.82, 2.24) is 0 Å². The number of para-hydroxylation sites is 1. The van der Waals surface area contributed by atoms with Crippen molar-refractivity contribution >= 4 is 5.97 Å². The average Bonchev–Trinajstić information content (AvgIpc) is 2.73. The second-order valence-corrected chi connectivity index (χ2v) is 5.61. The van der Waals surface area contributed by atoms with E-state index in [4.69, 9.17) is 14.2 Å². The van der Waals surface area contributed by atoms with Gasteiger partial charge in [-0.1, -0.05) is 48.5 Å². The summed E-state index contributed by atoms with van der Waals surface area (Å²) in [6.07, 6.45) is 0. The standard InChI is InChI=1S/C22H17NO4/c1-25-22(24)20-19(26-15-16-8-4-2-5-9-16)13-12-17(14-23)21(20)27-18-10-6-3-7-11-18/h2-13H,15H2,1H3. The van der Waals surface area contributed by atoms with Crippen molar-refractivity contribution in [2.75, 3.05) is 7.11 Å². The van der Waals surface area contributed by atoms with Crippen LogP contribution in [0.4, 0.5) is 0 Å². The van der Waals surface area contributed by atoms with Crippen molar-refractivity contribution in [2.24, 2.45) is 0 Å². The van der Waals surface area contributed by atoms with Crippen molar-refractivity contribution < 1.29 is 19.0 Å². The number of hydrogen-bond acceptors (Lipinski definition) is 5. The smallest absolute Gasteiger partial charge is 0.345 e. The molecule has 0 amide bonds. The number of nitriles is 1. The Kier molecular flexibility index (Phi) is 5.70. The van der Waals surface area contributed by atoms with Crippen LogP contribution >= 0.6 is 0 Å². The second-order valence-electron chi connectivity index (χ2n) is 5.61. The number of benzene rings is 3. The van der Waals surface area contributed by atoms with Crippen molar-refractivity contribution in [2.45, 2.75) is 6.61 Å². The van der Waals surface area contributed by atoms with E-state index in [-0.39, 0.29) is 29.2 Å². The van der Waals surface area contributed by atoms with E-state index in [2.05, 4.69) is 0 Å². The molecule has 0 fully saturated rings. The van der Waals surface area contributed by atoms with Gasteiger partial charge in [-0.3, -0.25) is 0 Å². The molecule has 0 N–H and O–H groups in total. The highest BCUT2D eigenvalue weighted by atomic mass is 16.5. The minimum atomic E-state index is -0.638.